The molecule has 0 aliphatic carbocycles. The molecule has 0 aliphatic rings. The topological polar surface area (TPSA) is 120 Å². The zero-order valence-corrected chi connectivity index (χ0v) is 14.7. The number of carbonyl (C=O) groups is 1. The van der Waals surface area contributed by atoms with Gasteiger partial charge < -0.3 is 0 Å². The number of rotatable bonds is 5. The van der Waals surface area contributed by atoms with Gasteiger partial charge in [-0.2, -0.15) is 8.42 Å². The van der Waals surface area contributed by atoms with Gasteiger partial charge in [0.15, 0.2) is 0 Å². The number of carbonyl (C=O) groups excluding carboxylic acids is 1. The van der Waals surface area contributed by atoms with Crippen LogP contribution in [0.4, 0.5) is 11.4 Å². The molecule has 27 heavy (non-hydrogen) atoms. The third-order valence-electron chi connectivity index (χ3n) is 3.75. The molecule has 9 heteroatoms. The lowest BCUT2D eigenvalue weighted by atomic mass is 10.1. The highest BCUT2D eigenvalue weighted by atomic mass is 32.2. The summed E-state index contributed by atoms with van der Waals surface area (Å²) in [5.74, 6) is -0.691. The highest BCUT2D eigenvalue weighted by molar-refractivity contribution is 7.87. The van der Waals surface area contributed by atoms with Gasteiger partial charge in [0.2, 0.25) is 0 Å². The number of benzene rings is 2. The number of hydrogen-bond acceptors (Lipinski definition) is 5. The van der Waals surface area contributed by atoms with Crippen molar-refractivity contribution in [2.75, 3.05) is 4.31 Å². The third kappa shape index (κ3) is 4.29. The molecule has 0 aliphatic heterocycles. The molecule has 1 heterocycles. The molecule has 3 aromatic rings. The second kappa shape index (κ2) is 7.54. The lowest BCUT2D eigenvalue weighted by Crippen LogP contribution is -2.25. The Bertz CT molecular complexity index is 1110. The minimum absolute atomic E-state index is 0.213. The smallest absolute Gasteiger partial charge is 0.288 e. The van der Waals surface area contributed by atoms with Gasteiger partial charge >= 0.3 is 10.3 Å². The first-order valence-corrected chi connectivity index (χ1v) is 9.12. The Hall–Kier alpha value is -3.27. The van der Waals surface area contributed by atoms with Crippen LogP contribution in [0.1, 0.15) is 5.56 Å². The molecule has 1 amide bonds. The summed E-state index contributed by atoms with van der Waals surface area (Å²) in [5.41, 5.74) is 2.53. The van der Waals surface area contributed by atoms with Crippen molar-refractivity contribution in [1.82, 2.24) is 10.5 Å². The molecule has 0 fully saturated rings. The first kappa shape index (κ1) is 18.5. The molecule has 0 saturated carbocycles. The monoisotopic (exact) mass is 385 g/mol. The molecule has 0 atom stereocenters. The molecule has 3 N–H and O–H groups in total. The average molecular weight is 385 g/mol. The number of hydroxylamine groups is 1. The van der Waals surface area contributed by atoms with Crippen LogP contribution in [0.3, 0.4) is 0 Å². The van der Waals surface area contributed by atoms with E-state index in [0.717, 1.165) is 21.2 Å². The maximum Gasteiger partial charge on any atom is 0.364 e. The van der Waals surface area contributed by atoms with E-state index in [1.54, 1.807) is 48.8 Å². The Morgan fingerprint density at radius 2 is 1.74 bits per heavy atom. The van der Waals surface area contributed by atoms with Gasteiger partial charge in [0, 0.05) is 23.9 Å². The SMILES string of the molecule is O=C(/C=C/c1ccc(N(c2ccc3ccncc3c2)S(=O)(=O)O)cc1)NO. The molecule has 138 valence electrons. The van der Waals surface area contributed by atoms with Crippen LogP contribution >= 0.6 is 0 Å². The van der Waals surface area contributed by atoms with Crippen molar-refractivity contribution in [3.63, 3.8) is 0 Å². The van der Waals surface area contributed by atoms with Gasteiger partial charge in [0.1, 0.15) is 0 Å². The molecule has 3 rings (SSSR count). The number of hydrogen-bond donors (Lipinski definition) is 3. The zero-order valence-electron chi connectivity index (χ0n) is 13.9. The summed E-state index contributed by atoms with van der Waals surface area (Å²) in [6.07, 6.45) is 5.79. The molecular formula is C18H15N3O5S. The standard InChI is InChI=1S/C18H15N3O5S/c22-18(20-23)8-3-13-1-5-16(6-2-13)21(27(24,25)26)17-7-4-14-9-10-19-12-15(14)11-17/h1-12,23H,(H,20,22)(H,24,25,26)/b8-3+. The minimum atomic E-state index is -4.58. The second-order valence-corrected chi connectivity index (χ2v) is 6.81. The van der Waals surface area contributed by atoms with Gasteiger partial charge in [-0.15, -0.1) is 0 Å². The van der Waals surface area contributed by atoms with Gasteiger partial charge in [-0.1, -0.05) is 18.2 Å². The summed E-state index contributed by atoms with van der Waals surface area (Å²) in [6, 6.07) is 12.8. The molecule has 0 bridgehead atoms. The number of aromatic nitrogens is 1. The molecule has 8 nitrogen and oxygen atoms in total. The molecular weight excluding hydrogens is 370 g/mol. The zero-order chi connectivity index (χ0) is 19.4. The van der Waals surface area contributed by atoms with Crippen molar-refractivity contribution in [2.45, 2.75) is 0 Å². The predicted molar refractivity (Wildman–Crippen MR) is 101 cm³/mol. The van der Waals surface area contributed by atoms with Crippen LogP contribution in [-0.2, 0) is 15.1 Å². The lowest BCUT2D eigenvalue weighted by molar-refractivity contribution is -0.124. The Kier molecular flexibility index (Phi) is 5.17. The van der Waals surface area contributed by atoms with Crippen molar-refractivity contribution in [3.8, 4) is 0 Å². The van der Waals surface area contributed by atoms with Crippen LogP contribution in [0.5, 0.6) is 0 Å². The first-order valence-electron chi connectivity index (χ1n) is 7.72. The van der Waals surface area contributed by atoms with Crippen molar-refractivity contribution >= 4 is 44.4 Å². The normalized spacial score (nSPS) is 11.6. The van der Waals surface area contributed by atoms with Crippen LogP contribution < -0.4 is 9.79 Å². The van der Waals surface area contributed by atoms with E-state index in [1.807, 2.05) is 0 Å². The molecule has 0 saturated heterocycles. The summed E-state index contributed by atoms with van der Waals surface area (Å²) in [6.45, 7) is 0. The number of fused-ring (bicyclic) bond motifs is 1. The van der Waals surface area contributed by atoms with Crippen LogP contribution in [0.2, 0.25) is 0 Å². The fraction of sp³-hybridized carbons (Fsp3) is 0. The van der Waals surface area contributed by atoms with Crippen LogP contribution in [0.25, 0.3) is 16.8 Å². The quantitative estimate of drug-likeness (QED) is 0.269. The maximum atomic E-state index is 12.0. The number of pyridine rings is 1. The number of anilines is 2. The molecule has 0 spiro atoms. The average Bonchev–Trinajstić information content (AvgIpc) is 2.66. The van der Waals surface area contributed by atoms with E-state index in [9.17, 15) is 17.8 Å². The Morgan fingerprint density at radius 3 is 2.41 bits per heavy atom. The van der Waals surface area contributed by atoms with E-state index >= 15 is 0 Å². The Balaban J connectivity index is 2.00. The largest absolute Gasteiger partial charge is 0.364 e. The van der Waals surface area contributed by atoms with Crippen molar-refractivity contribution in [2.24, 2.45) is 0 Å². The maximum absolute atomic E-state index is 12.0. The second-order valence-electron chi connectivity index (χ2n) is 5.55. The molecule has 0 radical (unpaired) electrons. The summed E-state index contributed by atoms with van der Waals surface area (Å²) in [4.78, 5) is 15.0. The number of amides is 1. The van der Waals surface area contributed by atoms with Crippen LogP contribution in [-0.4, -0.2) is 29.1 Å². The van der Waals surface area contributed by atoms with Gasteiger partial charge in [0.25, 0.3) is 5.91 Å². The van der Waals surface area contributed by atoms with Crippen LogP contribution in [0, 0.1) is 0 Å². The van der Waals surface area contributed by atoms with Crippen molar-refractivity contribution < 1.29 is 23.0 Å². The van der Waals surface area contributed by atoms with E-state index in [1.165, 1.54) is 23.7 Å². The Labute approximate surface area is 155 Å². The van der Waals surface area contributed by atoms with Gasteiger partial charge in [-0.05, 0) is 47.4 Å². The summed E-state index contributed by atoms with van der Waals surface area (Å²) < 4.78 is 34.5. The van der Waals surface area contributed by atoms with Gasteiger partial charge in [-0.3, -0.25) is 19.5 Å². The molecule has 2 aromatic carbocycles. The van der Waals surface area contributed by atoms with Crippen molar-refractivity contribution in [3.05, 3.63) is 72.6 Å². The Morgan fingerprint density at radius 1 is 1.04 bits per heavy atom. The lowest BCUT2D eigenvalue weighted by Gasteiger charge is -2.21. The fourth-order valence-corrected chi connectivity index (χ4v) is 3.31. The summed E-state index contributed by atoms with van der Waals surface area (Å²) in [7, 11) is -4.58. The van der Waals surface area contributed by atoms with E-state index < -0.39 is 16.2 Å². The van der Waals surface area contributed by atoms with Gasteiger partial charge in [0.05, 0.1) is 11.4 Å². The number of nitrogens with one attached hydrogen (secondary N) is 1. The summed E-state index contributed by atoms with van der Waals surface area (Å²) >= 11 is 0. The van der Waals surface area contributed by atoms with Crippen LogP contribution in [0.15, 0.2) is 67.0 Å². The summed E-state index contributed by atoms with van der Waals surface area (Å²) in [5, 5.41) is 10.1. The van der Waals surface area contributed by atoms with E-state index in [0.29, 0.717) is 5.56 Å². The van der Waals surface area contributed by atoms with Gasteiger partial charge in [-0.25, -0.2) is 9.79 Å². The van der Waals surface area contributed by atoms with E-state index in [-0.39, 0.29) is 11.4 Å². The third-order valence-corrected chi connectivity index (χ3v) is 4.64. The number of nitrogens with zero attached hydrogens (tertiary/aromatic N) is 2. The van der Waals surface area contributed by atoms with E-state index in [4.69, 9.17) is 5.21 Å². The van der Waals surface area contributed by atoms with Crippen molar-refractivity contribution in [1.29, 1.82) is 0 Å². The fourth-order valence-electron chi connectivity index (χ4n) is 2.54. The highest BCUT2D eigenvalue weighted by Gasteiger charge is 2.22. The molecule has 0 unspecified atom stereocenters. The highest BCUT2D eigenvalue weighted by Crippen LogP contribution is 2.31. The minimum Gasteiger partial charge on any atom is -0.288 e. The predicted octanol–water partition coefficient (Wildman–Crippen LogP) is 2.69. The van der Waals surface area contributed by atoms with E-state index in [2.05, 4.69) is 4.98 Å². The first-order chi connectivity index (χ1) is 12.9. The molecule has 1 aromatic heterocycles.